The van der Waals surface area contributed by atoms with Gasteiger partial charge in [0.05, 0.1) is 12.2 Å². The number of nitrogens with zero attached hydrogens (tertiary/aromatic N) is 1. The Hall–Kier alpha value is -3.47. The number of pyridine rings is 1. The standard InChI is InChI=1S/C20H18F4N4O3/c1-19(15(25)4-5-31-9-20(19,23)24)12-7-11(2-3-13(12)21)28-18(30)16-14(22)6-10(8-27-16)17(26)29/h2-4,6-8H,5,9,25H2,1H3,(H2,26,29)(H,28,30)/t19-/m0/s1. The summed E-state index contributed by atoms with van der Waals surface area (Å²) in [6, 6.07) is 3.72. The molecule has 0 fully saturated rings. The number of anilines is 1. The van der Waals surface area contributed by atoms with E-state index < -0.39 is 52.7 Å². The van der Waals surface area contributed by atoms with E-state index in [4.69, 9.17) is 16.2 Å². The molecule has 0 radical (unpaired) electrons. The third kappa shape index (κ3) is 3.96. The molecule has 2 heterocycles. The molecular weight excluding hydrogens is 420 g/mol. The van der Waals surface area contributed by atoms with Crippen LogP contribution in [0.25, 0.3) is 0 Å². The zero-order valence-corrected chi connectivity index (χ0v) is 16.2. The summed E-state index contributed by atoms with van der Waals surface area (Å²) in [4.78, 5) is 27.0. The lowest BCUT2D eigenvalue weighted by Gasteiger charge is -2.37. The van der Waals surface area contributed by atoms with Gasteiger partial charge in [-0.2, -0.15) is 0 Å². The maximum Gasteiger partial charge on any atom is 0.285 e. The lowest BCUT2D eigenvalue weighted by Crippen LogP contribution is -2.49. The minimum Gasteiger partial charge on any atom is -0.401 e. The second kappa shape index (κ2) is 7.99. The fourth-order valence-corrected chi connectivity index (χ4v) is 3.16. The Bertz CT molecular complexity index is 1090. The van der Waals surface area contributed by atoms with E-state index in [2.05, 4.69) is 10.3 Å². The Labute approximate surface area is 174 Å². The number of hydrogen-bond acceptors (Lipinski definition) is 5. The van der Waals surface area contributed by atoms with Crippen LogP contribution in [0.5, 0.6) is 0 Å². The highest BCUT2D eigenvalue weighted by Crippen LogP contribution is 2.46. The van der Waals surface area contributed by atoms with Gasteiger partial charge in [-0.3, -0.25) is 9.59 Å². The molecular formula is C20H18F4N4O3. The minimum absolute atomic E-state index is 0.100. The Morgan fingerprint density at radius 1 is 1.19 bits per heavy atom. The van der Waals surface area contributed by atoms with E-state index in [1.165, 1.54) is 6.08 Å². The maximum absolute atomic E-state index is 14.8. The number of halogens is 4. The van der Waals surface area contributed by atoms with Crippen LogP contribution in [-0.2, 0) is 10.2 Å². The highest BCUT2D eigenvalue weighted by atomic mass is 19.3. The molecule has 164 valence electrons. The number of primary amides is 1. The molecule has 0 unspecified atom stereocenters. The van der Waals surface area contributed by atoms with E-state index in [9.17, 15) is 27.2 Å². The molecule has 1 atom stereocenters. The maximum atomic E-state index is 14.8. The van der Waals surface area contributed by atoms with Gasteiger partial charge in [0.2, 0.25) is 5.91 Å². The van der Waals surface area contributed by atoms with Gasteiger partial charge in [0.15, 0.2) is 11.5 Å². The second-order valence-corrected chi connectivity index (χ2v) is 7.07. The van der Waals surface area contributed by atoms with Crippen molar-refractivity contribution in [3.63, 3.8) is 0 Å². The van der Waals surface area contributed by atoms with Gasteiger partial charge in [-0.25, -0.2) is 22.5 Å². The molecule has 0 aliphatic carbocycles. The Morgan fingerprint density at radius 3 is 2.55 bits per heavy atom. The molecule has 31 heavy (non-hydrogen) atoms. The van der Waals surface area contributed by atoms with Gasteiger partial charge >= 0.3 is 0 Å². The number of benzene rings is 1. The quantitative estimate of drug-likeness (QED) is 0.634. The van der Waals surface area contributed by atoms with Gasteiger partial charge in [-0.1, -0.05) is 0 Å². The van der Waals surface area contributed by atoms with Gasteiger partial charge in [-0.05, 0) is 37.3 Å². The molecule has 0 spiro atoms. The molecule has 0 saturated heterocycles. The topological polar surface area (TPSA) is 120 Å². The van der Waals surface area contributed by atoms with E-state index in [0.29, 0.717) is 0 Å². The normalized spacial score (nSPS) is 20.5. The largest absolute Gasteiger partial charge is 0.401 e. The first-order valence-corrected chi connectivity index (χ1v) is 8.96. The Kier molecular flexibility index (Phi) is 5.72. The number of aromatic nitrogens is 1. The summed E-state index contributed by atoms with van der Waals surface area (Å²) in [5.41, 5.74) is 6.81. The van der Waals surface area contributed by atoms with Crippen LogP contribution in [0.2, 0.25) is 0 Å². The smallest absolute Gasteiger partial charge is 0.285 e. The molecule has 0 bridgehead atoms. The molecule has 1 aliphatic heterocycles. The molecule has 1 aliphatic rings. The molecule has 11 heteroatoms. The summed E-state index contributed by atoms with van der Waals surface area (Å²) in [7, 11) is 0. The van der Waals surface area contributed by atoms with Crippen molar-refractivity contribution in [1.29, 1.82) is 0 Å². The fourth-order valence-electron chi connectivity index (χ4n) is 3.16. The van der Waals surface area contributed by atoms with Crippen LogP contribution in [0.1, 0.15) is 33.3 Å². The molecule has 2 aromatic rings. The van der Waals surface area contributed by atoms with E-state index >= 15 is 0 Å². The van der Waals surface area contributed by atoms with Gasteiger partial charge < -0.3 is 21.5 Å². The number of allylic oxidation sites excluding steroid dienone is 1. The minimum atomic E-state index is -3.56. The highest BCUT2D eigenvalue weighted by molar-refractivity contribution is 6.03. The molecule has 2 amide bonds. The van der Waals surface area contributed by atoms with Gasteiger partial charge in [0.25, 0.3) is 11.8 Å². The molecule has 3 rings (SSSR count). The van der Waals surface area contributed by atoms with E-state index in [0.717, 1.165) is 37.4 Å². The summed E-state index contributed by atoms with van der Waals surface area (Å²) >= 11 is 0. The van der Waals surface area contributed by atoms with Crippen molar-refractivity contribution < 1.29 is 31.9 Å². The van der Waals surface area contributed by atoms with Crippen molar-refractivity contribution in [2.24, 2.45) is 11.5 Å². The molecule has 1 aromatic heterocycles. The van der Waals surface area contributed by atoms with Crippen molar-refractivity contribution in [1.82, 2.24) is 4.98 Å². The number of carbonyl (C=O) groups excluding carboxylic acids is 2. The zero-order chi connectivity index (χ0) is 23.0. The molecule has 5 N–H and O–H groups in total. The van der Waals surface area contributed by atoms with Crippen LogP contribution in [0.3, 0.4) is 0 Å². The number of rotatable bonds is 4. The lowest BCUT2D eigenvalue weighted by atomic mass is 9.73. The van der Waals surface area contributed by atoms with Crippen LogP contribution in [0.15, 0.2) is 42.2 Å². The average molecular weight is 438 g/mol. The van der Waals surface area contributed by atoms with Gasteiger partial charge in [0.1, 0.15) is 17.8 Å². The van der Waals surface area contributed by atoms with Crippen molar-refractivity contribution in [3.8, 4) is 0 Å². The SMILES string of the molecule is C[C@]1(c2cc(NC(=O)c3ncc(C(N)=O)cc3F)ccc2F)C(N)=CCOCC1(F)F. The van der Waals surface area contributed by atoms with Crippen LogP contribution >= 0.6 is 0 Å². The Balaban J connectivity index is 1.98. The highest BCUT2D eigenvalue weighted by Gasteiger charge is 2.55. The zero-order valence-electron chi connectivity index (χ0n) is 16.2. The predicted molar refractivity (Wildman–Crippen MR) is 102 cm³/mol. The van der Waals surface area contributed by atoms with E-state index in [-0.39, 0.29) is 23.6 Å². The van der Waals surface area contributed by atoms with Crippen molar-refractivity contribution in [2.75, 3.05) is 18.5 Å². The molecule has 1 aromatic carbocycles. The van der Waals surface area contributed by atoms with Crippen LogP contribution in [-0.4, -0.2) is 35.9 Å². The Morgan fingerprint density at radius 2 is 1.90 bits per heavy atom. The van der Waals surface area contributed by atoms with Crippen molar-refractivity contribution >= 4 is 17.5 Å². The number of ether oxygens (including phenoxy) is 1. The van der Waals surface area contributed by atoms with Crippen LogP contribution in [0, 0.1) is 11.6 Å². The van der Waals surface area contributed by atoms with Gasteiger partial charge in [-0.15, -0.1) is 0 Å². The third-order valence-electron chi connectivity index (χ3n) is 5.12. The lowest BCUT2D eigenvalue weighted by molar-refractivity contribution is -0.108. The molecule has 7 nitrogen and oxygen atoms in total. The van der Waals surface area contributed by atoms with Crippen LogP contribution in [0.4, 0.5) is 23.2 Å². The number of carbonyl (C=O) groups is 2. The predicted octanol–water partition coefficient (Wildman–Crippen LogP) is 2.48. The van der Waals surface area contributed by atoms with Crippen LogP contribution < -0.4 is 16.8 Å². The summed E-state index contributed by atoms with van der Waals surface area (Å²) in [6.07, 6.45) is 2.14. The summed E-state index contributed by atoms with van der Waals surface area (Å²) in [5.74, 6) is -7.65. The first-order valence-electron chi connectivity index (χ1n) is 8.96. The van der Waals surface area contributed by atoms with E-state index in [1.807, 2.05) is 0 Å². The summed E-state index contributed by atoms with van der Waals surface area (Å²) in [5, 5.41) is 2.27. The first kappa shape index (κ1) is 22.2. The first-order chi connectivity index (χ1) is 14.5. The fraction of sp³-hybridized carbons (Fsp3) is 0.250. The number of alkyl halides is 2. The number of nitrogens with one attached hydrogen (secondary N) is 1. The number of hydrogen-bond donors (Lipinski definition) is 3. The number of nitrogens with two attached hydrogens (primary N) is 2. The number of amides is 2. The monoisotopic (exact) mass is 438 g/mol. The van der Waals surface area contributed by atoms with E-state index in [1.54, 1.807) is 0 Å². The van der Waals surface area contributed by atoms with Gasteiger partial charge in [0, 0.05) is 23.1 Å². The summed E-state index contributed by atoms with van der Waals surface area (Å²) in [6.45, 7) is -0.0827. The average Bonchev–Trinajstić information content (AvgIpc) is 2.80. The summed E-state index contributed by atoms with van der Waals surface area (Å²) < 4.78 is 63.3. The van der Waals surface area contributed by atoms with Crippen molar-refractivity contribution in [2.45, 2.75) is 18.3 Å². The molecule has 0 saturated carbocycles. The third-order valence-corrected chi connectivity index (χ3v) is 5.12. The second-order valence-electron chi connectivity index (χ2n) is 7.07. The van der Waals surface area contributed by atoms with Crippen molar-refractivity contribution in [3.05, 3.63) is 70.7 Å².